The lowest BCUT2D eigenvalue weighted by Gasteiger charge is -2.34. The Morgan fingerprint density at radius 3 is 2.68 bits per heavy atom. The summed E-state index contributed by atoms with van der Waals surface area (Å²) in [7, 11) is 3.07. The van der Waals surface area contributed by atoms with Crippen LogP contribution in [0.3, 0.4) is 0 Å². The lowest BCUT2D eigenvalue weighted by atomic mass is 9.85. The van der Waals surface area contributed by atoms with Crippen LogP contribution < -0.4 is 10.1 Å². The Labute approximate surface area is 186 Å². The third-order valence-corrected chi connectivity index (χ3v) is 5.72. The molecular formula is C21H28ClN5O4. The molecule has 2 unspecified atom stereocenters. The van der Waals surface area contributed by atoms with E-state index in [9.17, 15) is 14.7 Å². The first-order valence-corrected chi connectivity index (χ1v) is 10.4. The number of benzene rings is 1. The molecule has 0 saturated carbocycles. The van der Waals surface area contributed by atoms with E-state index in [1.165, 1.54) is 16.6 Å². The van der Waals surface area contributed by atoms with E-state index in [4.69, 9.17) is 16.3 Å². The number of rotatable bonds is 5. The highest BCUT2D eigenvalue weighted by molar-refractivity contribution is 6.33. The lowest BCUT2D eigenvalue weighted by molar-refractivity contribution is -0.144. The Hall–Kier alpha value is -2.65. The largest absolute Gasteiger partial charge is 0.497 e. The molecule has 0 bridgehead atoms. The van der Waals surface area contributed by atoms with Gasteiger partial charge >= 0.3 is 0 Å². The van der Waals surface area contributed by atoms with Crippen LogP contribution in [-0.4, -0.2) is 69.7 Å². The Balaban J connectivity index is 1.98. The zero-order chi connectivity index (χ0) is 22.9. The molecule has 2 heterocycles. The van der Waals surface area contributed by atoms with Crippen LogP contribution >= 0.6 is 11.6 Å². The molecule has 2 amide bonds. The average molecular weight is 450 g/mol. The van der Waals surface area contributed by atoms with E-state index in [1.54, 1.807) is 31.5 Å². The minimum atomic E-state index is -0.756. The summed E-state index contributed by atoms with van der Waals surface area (Å²) in [4.78, 5) is 27.3. The van der Waals surface area contributed by atoms with Crippen LogP contribution in [0.25, 0.3) is 11.3 Å². The van der Waals surface area contributed by atoms with Crippen molar-refractivity contribution in [2.24, 2.45) is 5.41 Å². The van der Waals surface area contributed by atoms with Crippen LogP contribution in [0.2, 0.25) is 5.02 Å². The first kappa shape index (κ1) is 23.0. The fraction of sp³-hybridized carbons (Fsp3) is 0.524. The number of ether oxygens (including phenoxy) is 1. The summed E-state index contributed by atoms with van der Waals surface area (Å²) >= 11 is 6.34. The predicted molar refractivity (Wildman–Crippen MR) is 116 cm³/mol. The summed E-state index contributed by atoms with van der Waals surface area (Å²) in [6.07, 6.45) is 1.11. The van der Waals surface area contributed by atoms with Gasteiger partial charge in [0.1, 0.15) is 23.5 Å². The van der Waals surface area contributed by atoms with E-state index in [2.05, 4.69) is 15.6 Å². The number of carbonyl (C=O) groups is 2. The minimum absolute atomic E-state index is 0.0900. The van der Waals surface area contributed by atoms with E-state index in [-0.39, 0.29) is 24.8 Å². The summed E-state index contributed by atoms with van der Waals surface area (Å²) in [5, 5.41) is 21.6. The second-order valence-corrected chi connectivity index (χ2v) is 9.12. The number of aromatic nitrogens is 3. The molecule has 2 aromatic rings. The van der Waals surface area contributed by atoms with E-state index in [0.29, 0.717) is 22.0 Å². The van der Waals surface area contributed by atoms with Gasteiger partial charge in [-0.1, -0.05) is 37.6 Å². The third-order valence-electron chi connectivity index (χ3n) is 5.39. The maximum Gasteiger partial charge on any atom is 0.248 e. The zero-order valence-corrected chi connectivity index (χ0v) is 19.1. The van der Waals surface area contributed by atoms with Gasteiger partial charge in [-0.25, -0.2) is 4.68 Å². The molecule has 0 spiro atoms. The van der Waals surface area contributed by atoms with Gasteiger partial charge in [-0.3, -0.25) is 9.59 Å². The van der Waals surface area contributed by atoms with E-state index in [0.717, 1.165) is 0 Å². The number of hydrogen-bond donors (Lipinski definition) is 2. The summed E-state index contributed by atoms with van der Waals surface area (Å²) < 4.78 is 6.76. The lowest BCUT2D eigenvalue weighted by Crippen LogP contribution is -2.49. The van der Waals surface area contributed by atoms with Crippen LogP contribution in [0.1, 0.15) is 33.2 Å². The van der Waals surface area contributed by atoms with E-state index in [1.807, 2.05) is 20.8 Å². The maximum atomic E-state index is 13.6. The fourth-order valence-electron chi connectivity index (χ4n) is 3.86. The number of likely N-dealkylation sites (tertiary alicyclic amines) is 1. The van der Waals surface area contributed by atoms with Crippen molar-refractivity contribution >= 4 is 23.4 Å². The highest BCUT2D eigenvalue weighted by Gasteiger charge is 2.45. The van der Waals surface area contributed by atoms with Crippen molar-refractivity contribution in [3.8, 4) is 17.0 Å². The molecule has 0 radical (unpaired) electrons. The molecule has 1 aliphatic rings. The number of likely N-dealkylation sites (N-methyl/N-ethyl adjacent to an activating group) is 1. The van der Waals surface area contributed by atoms with Gasteiger partial charge in [-0.2, -0.15) is 0 Å². The second-order valence-electron chi connectivity index (χ2n) is 8.71. The number of hydrogen-bond acceptors (Lipinski definition) is 6. The van der Waals surface area contributed by atoms with Gasteiger partial charge in [-0.05, 0) is 23.6 Å². The molecule has 168 valence electrons. The molecule has 0 aliphatic carbocycles. The summed E-state index contributed by atoms with van der Waals surface area (Å²) in [6.45, 7) is 5.83. The molecule has 1 aromatic carbocycles. The monoisotopic (exact) mass is 449 g/mol. The fourth-order valence-corrected chi connectivity index (χ4v) is 4.08. The molecule has 9 nitrogen and oxygen atoms in total. The molecule has 1 aromatic heterocycles. The topological polar surface area (TPSA) is 110 Å². The summed E-state index contributed by atoms with van der Waals surface area (Å²) in [6, 6.07) is 3.74. The Bertz CT molecular complexity index is 971. The molecular weight excluding hydrogens is 422 g/mol. The van der Waals surface area contributed by atoms with Gasteiger partial charge in [0.15, 0.2) is 0 Å². The molecule has 3 rings (SSSR count). The number of aliphatic hydroxyl groups excluding tert-OH is 1. The van der Waals surface area contributed by atoms with Gasteiger partial charge in [-0.15, -0.1) is 5.10 Å². The van der Waals surface area contributed by atoms with Crippen LogP contribution in [-0.2, 0) is 9.59 Å². The van der Waals surface area contributed by atoms with Gasteiger partial charge in [0.25, 0.3) is 0 Å². The zero-order valence-electron chi connectivity index (χ0n) is 18.3. The van der Waals surface area contributed by atoms with Gasteiger partial charge < -0.3 is 20.1 Å². The Morgan fingerprint density at radius 2 is 2.06 bits per heavy atom. The van der Waals surface area contributed by atoms with Crippen LogP contribution in [0.4, 0.5) is 0 Å². The van der Waals surface area contributed by atoms with Gasteiger partial charge in [0.2, 0.25) is 11.8 Å². The van der Waals surface area contributed by atoms with Crippen LogP contribution in [0.5, 0.6) is 5.75 Å². The third kappa shape index (κ3) is 4.67. The highest BCUT2D eigenvalue weighted by atomic mass is 35.5. The molecule has 1 saturated heterocycles. The SMILES string of the molecule is CNC(=O)C1CC(O)CN1C(=O)[C@@H](n1cc(-c2cc(OC)ccc2Cl)nn1)C(C)(C)C. The van der Waals surface area contributed by atoms with E-state index >= 15 is 0 Å². The minimum Gasteiger partial charge on any atom is -0.497 e. The number of methoxy groups -OCH3 is 1. The second kappa shape index (κ2) is 8.84. The molecule has 1 fully saturated rings. The van der Waals surface area contributed by atoms with Crippen molar-refractivity contribution in [1.29, 1.82) is 0 Å². The maximum absolute atomic E-state index is 13.6. The Kier molecular flexibility index (Phi) is 6.56. The standard InChI is InChI=1S/C21H28ClN5O4/c1-21(2,3)18(20(30)26-10-12(28)8-17(26)19(29)23-4)27-11-16(24-25-27)14-9-13(31-5)6-7-15(14)22/h6-7,9,11-12,17-18,28H,8,10H2,1-5H3,(H,23,29)/t12?,17?,18-/m1/s1. The number of nitrogens with one attached hydrogen (secondary N) is 1. The first-order valence-electron chi connectivity index (χ1n) is 10.0. The van der Waals surface area contributed by atoms with Crippen molar-refractivity contribution in [2.45, 2.75) is 45.4 Å². The Morgan fingerprint density at radius 1 is 1.35 bits per heavy atom. The van der Waals surface area contributed by atoms with E-state index < -0.39 is 23.6 Å². The van der Waals surface area contributed by atoms with Crippen molar-refractivity contribution in [3.05, 3.63) is 29.4 Å². The molecule has 31 heavy (non-hydrogen) atoms. The van der Waals surface area contributed by atoms with Crippen LogP contribution in [0.15, 0.2) is 24.4 Å². The number of halogens is 1. The normalized spacial score (nSPS) is 19.9. The smallest absolute Gasteiger partial charge is 0.248 e. The summed E-state index contributed by atoms with van der Waals surface area (Å²) in [5.41, 5.74) is 0.587. The van der Waals surface area contributed by atoms with Crippen molar-refractivity contribution in [3.63, 3.8) is 0 Å². The quantitative estimate of drug-likeness (QED) is 0.721. The number of nitrogens with zero attached hydrogens (tertiary/aromatic N) is 4. The van der Waals surface area contributed by atoms with Crippen LogP contribution in [0, 0.1) is 5.41 Å². The number of β-amino-alcohol motifs (C(OH)–C–C–N with tert-alkyl or cyclic N) is 1. The molecule has 1 aliphatic heterocycles. The average Bonchev–Trinajstić information content (AvgIpc) is 3.33. The molecule has 2 N–H and O–H groups in total. The predicted octanol–water partition coefficient (Wildman–Crippen LogP) is 1.90. The van der Waals surface area contributed by atoms with Crippen molar-refractivity contribution in [2.75, 3.05) is 20.7 Å². The number of amides is 2. The van der Waals surface area contributed by atoms with Crippen molar-refractivity contribution in [1.82, 2.24) is 25.2 Å². The summed E-state index contributed by atoms with van der Waals surface area (Å²) in [5.74, 6) is 0.0164. The molecule has 3 atom stereocenters. The first-order chi connectivity index (χ1) is 14.6. The van der Waals surface area contributed by atoms with Crippen molar-refractivity contribution < 1.29 is 19.4 Å². The highest BCUT2D eigenvalue weighted by Crippen LogP contribution is 2.36. The number of aliphatic hydroxyl groups is 1. The van der Waals surface area contributed by atoms with Gasteiger partial charge in [0.05, 0.1) is 24.4 Å². The molecule has 10 heteroatoms. The van der Waals surface area contributed by atoms with Gasteiger partial charge in [0, 0.05) is 25.6 Å². The number of carbonyl (C=O) groups excluding carboxylic acids is 2.